The fourth-order valence-corrected chi connectivity index (χ4v) is 9.23. The maximum absolute atomic E-state index is 12.9. The van der Waals surface area contributed by atoms with Gasteiger partial charge >= 0.3 is 17.9 Å². The standard InChI is InChI=1S/C77H126O6/c1-4-7-10-13-16-19-22-25-28-31-32-33-34-35-36-37-38-39-40-41-42-43-44-47-49-52-55-58-61-64-67-70-76(79)82-73-74(83-77(80)71-68-65-62-59-56-53-50-46-30-27-24-21-18-15-12-9-6-3)72-81-75(78)69-66-63-60-57-54-51-48-45-29-26-23-20-17-14-11-8-5-2/h7,9-10,12,16-21,25-30,32-33,35-36,38-39,50,53,74H,4-6,8,11,13-15,22-24,31,34,37,40-49,51-52,54-73H2,1-3H3/b10-7-,12-9-,19-16-,20-17-,21-18-,28-25-,29-26-,30-27-,33-32-,36-35-,39-38-,53-50-. The summed E-state index contributed by atoms with van der Waals surface area (Å²) in [5.74, 6) is -0.924. The summed E-state index contributed by atoms with van der Waals surface area (Å²) >= 11 is 0. The first-order chi connectivity index (χ1) is 41.0. The molecule has 0 fully saturated rings. The molecule has 1 atom stereocenters. The molecule has 6 nitrogen and oxygen atoms in total. The van der Waals surface area contributed by atoms with Gasteiger partial charge in [0.05, 0.1) is 0 Å². The Morgan fingerprint density at radius 1 is 0.253 bits per heavy atom. The summed E-state index contributed by atoms with van der Waals surface area (Å²) in [7, 11) is 0. The van der Waals surface area contributed by atoms with Crippen LogP contribution in [0, 0.1) is 0 Å². The molecule has 0 aromatic carbocycles. The van der Waals surface area contributed by atoms with Crippen molar-refractivity contribution in [2.24, 2.45) is 0 Å². The third kappa shape index (κ3) is 68.0. The molecule has 0 saturated carbocycles. The summed E-state index contributed by atoms with van der Waals surface area (Å²) in [6.45, 7) is 6.37. The molecule has 0 spiro atoms. The quantitative estimate of drug-likeness (QED) is 0.0261. The van der Waals surface area contributed by atoms with E-state index in [-0.39, 0.29) is 31.1 Å². The normalized spacial score (nSPS) is 13.0. The van der Waals surface area contributed by atoms with Gasteiger partial charge in [0.1, 0.15) is 13.2 Å². The van der Waals surface area contributed by atoms with Crippen molar-refractivity contribution in [2.45, 2.75) is 309 Å². The van der Waals surface area contributed by atoms with Gasteiger partial charge in [-0.05, 0) is 141 Å². The van der Waals surface area contributed by atoms with E-state index in [4.69, 9.17) is 14.2 Å². The molecule has 83 heavy (non-hydrogen) atoms. The van der Waals surface area contributed by atoms with Crippen LogP contribution in [0.3, 0.4) is 0 Å². The summed E-state index contributed by atoms with van der Waals surface area (Å²) < 4.78 is 16.9. The molecule has 0 bridgehead atoms. The van der Waals surface area contributed by atoms with Crippen LogP contribution in [0.25, 0.3) is 0 Å². The maximum Gasteiger partial charge on any atom is 0.306 e. The largest absolute Gasteiger partial charge is 0.462 e. The van der Waals surface area contributed by atoms with E-state index in [0.29, 0.717) is 19.3 Å². The number of rotatable bonds is 61. The van der Waals surface area contributed by atoms with Gasteiger partial charge in [-0.25, -0.2) is 0 Å². The first-order valence-corrected chi connectivity index (χ1v) is 34.3. The molecule has 0 rings (SSSR count). The van der Waals surface area contributed by atoms with Crippen LogP contribution < -0.4 is 0 Å². The summed E-state index contributed by atoms with van der Waals surface area (Å²) in [5, 5.41) is 0. The molecule has 0 amide bonds. The number of unbranched alkanes of at least 4 members (excludes halogenated alkanes) is 26. The second-order valence-electron chi connectivity index (χ2n) is 22.3. The fraction of sp³-hybridized carbons (Fsp3) is 0.649. The van der Waals surface area contributed by atoms with E-state index in [1.165, 1.54) is 116 Å². The monoisotopic (exact) mass is 1150 g/mol. The molecule has 0 aromatic heterocycles. The van der Waals surface area contributed by atoms with E-state index in [1.807, 2.05) is 0 Å². The number of hydrogen-bond donors (Lipinski definition) is 0. The highest BCUT2D eigenvalue weighted by Crippen LogP contribution is 2.16. The van der Waals surface area contributed by atoms with Crippen LogP contribution in [-0.4, -0.2) is 37.2 Å². The molecule has 0 aliphatic rings. The van der Waals surface area contributed by atoms with Gasteiger partial charge in [-0.2, -0.15) is 0 Å². The summed E-state index contributed by atoms with van der Waals surface area (Å²) in [4.78, 5) is 38.4. The Kier molecular flexibility index (Phi) is 65.8. The highest BCUT2D eigenvalue weighted by molar-refractivity contribution is 5.71. The van der Waals surface area contributed by atoms with Crippen LogP contribution in [0.2, 0.25) is 0 Å². The lowest BCUT2D eigenvalue weighted by atomic mass is 10.0. The van der Waals surface area contributed by atoms with Crippen molar-refractivity contribution in [3.8, 4) is 0 Å². The van der Waals surface area contributed by atoms with Gasteiger partial charge in [0.25, 0.3) is 0 Å². The number of esters is 3. The molecule has 0 aliphatic heterocycles. The fourth-order valence-electron chi connectivity index (χ4n) is 9.23. The van der Waals surface area contributed by atoms with Gasteiger partial charge in [-0.3, -0.25) is 14.4 Å². The van der Waals surface area contributed by atoms with E-state index in [1.54, 1.807) is 0 Å². The SMILES string of the molecule is CC/C=C\C/C=C\C/C=C\C/C=C\C/C=C\C/C=C\CCCCCCCCCCCCCCC(=O)OCC(COC(=O)CCCCCCCCC/C=C\C/C=C\CCCCC)OC(=O)CCCCCC/C=C\C/C=C\C/C=C\C/C=C\CC. The summed E-state index contributed by atoms with van der Waals surface area (Å²) in [5.41, 5.74) is 0. The van der Waals surface area contributed by atoms with Crippen molar-refractivity contribution in [3.05, 3.63) is 146 Å². The lowest BCUT2D eigenvalue weighted by Crippen LogP contribution is -2.30. The van der Waals surface area contributed by atoms with Gasteiger partial charge in [0, 0.05) is 19.3 Å². The predicted octanol–water partition coefficient (Wildman–Crippen LogP) is 23.9. The van der Waals surface area contributed by atoms with Crippen LogP contribution in [0.5, 0.6) is 0 Å². The van der Waals surface area contributed by atoms with E-state index in [9.17, 15) is 14.4 Å². The lowest BCUT2D eigenvalue weighted by molar-refractivity contribution is -0.167. The first kappa shape index (κ1) is 78.3. The van der Waals surface area contributed by atoms with Gasteiger partial charge in [0.15, 0.2) is 6.10 Å². The third-order valence-corrected chi connectivity index (χ3v) is 14.3. The Hall–Kier alpha value is -4.71. The number of ether oxygens (including phenoxy) is 3. The average Bonchev–Trinajstić information content (AvgIpc) is 3.49. The van der Waals surface area contributed by atoms with Gasteiger partial charge in [-0.15, -0.1) is 0 Å². The van der Waals surface area contributed by atoms with E-state index < -0.39 is 6.10 Å². The zero-order chi connectivity index (χ0) is 59.9. The molecule has 0 radical (unpaired) electrons. The number of allylic oxidation sites excluding steroid dienone is 24. The Bertz CT molecular complexity index is 1800. The van der Waals surface area contributed by atoms with Gasteiger partial charge in [0.2, 0.25) is 0 Å². The smallest absolute Gasteiger partial charge is 0.306 e. The Balaban J connectivity index is 4.34. The highest BCUT2D eigenvalue weighted by atomic mass is 16.6. The second kappa shape index (κ2) is 69.8. The molecule has 6 heteroatoms. The minimum absolute atomic E-state index is 0.0951. The van der Waals surface area contributed by atoms with Crippen LogP contribution in [-0.2, 0) is 28.6 Å². The van der Waals surface area contributed by atoms with Crippen LogP contribution >= 0.6 is 0 Å². The molecule has 0 saturated heterocycles. The van der Waals surface area contributed by atoms with Gasteiger partial charge in [-0.1, -0.05) is 289 Å². The van der Waals surface area contributed by atoms with E-state index >= 15 is 0 Å². The van der Waals surface area contributed by atoms with Crippen molar-refractivity contribution in [2.75, 3.05) is 13.2 Å². The molecule has 1 unspecified atom stereocenters. The van der Waals surface area contributed by atoms with E-state index in [0.717, 1.165) is 148 Å². The van der Waals surface area contributed by atoms with Crippen molar-refractivity contribution in [1.82, 2.24) is 0 Å². The Morgan fingerprint density at radius 3 is 0.735 bits per heavy atom. The van der Waals surface area contributed by atoms with Crippen molar-refractivity contribution in [3.63, 3.8) is 0 Å². The van der Waals surface area contributed by atoms with Crippen LogP contribution in [0.15, 0.2) is 146 Å². The second-order valence-corrected chi connectivity index (χ2v) is 22.3. The Labute approximate surface area is 512 Å². The molecular weight excluding hydrogens is 1020 g/mol. The average molecular weight is 1150 g/mol. The highest BCUT2D eigenvalue weighted by Gasteiger charge is 2.19. The first-order valence-electron chi connectivity index (χ1n) is 34.3. The minimum Gasteiger partial charge on any atom is -0.462 e. The zero-order valence-corrected chi connectivity index (χ0v) is 53.9. The molecule has 0 heterocycles. The topological polar surface area (TPSA) is 78.9 Å². The summed E-state index contributed by atoms with van der Waals surface area (Å²) in [6.07, 6.45) is 100. The number of carbonyl (C=O) groups excluding carboxylic acids is 3. The zero-order valence-electron chi connectivity index (χ0n) is 53.9. The third-order valence-electron chi connectivity index (χ3n) is 14.3. The van der Waals surface area contributed by atoms with E-state index in [2.05, 4.69) is 167 Å². The number of hydrogen-bond acceptors (Lipinski definition) is 6. The van der Waals surface area contributed by atoms with Crippen LogP contribution in [0.4, 0.5) is 0 Å². The minimum atomic E-state index is -0.802. The maximum atomic E-state index is 12.9. The van der Waals surface area contributed by atoms with Crippen molar-refractivity contribution in [1.29, 1.82) is 0 Å². The van der Waals surface area contributed by atoms with Crippen molar-refractivity contribution >= 4 is 17.9 Å². The molecule has 470 valence electrons. The van der Waals surface area contributed by atoms with Crippen LogP contribution in [0.1, 0.15) is 303 Å². The number of carbonyl (C=O) groups is 3. The Morgan fingerprint density at radius 2 is 0.470 bits per heavy atom. The summed E-state index contributed by atoms with van der Waals surface area (Å²) in [6, 6.07) is 0. The van der Waals surface area contributed by atoms with Gasteiger partial charge < -0.3 is 14.2 Å². The van der Waals surface area contributed by atoms with Crippen molar-refractivity contribution < 1.29 is 28.6 Å². The predicted molar refractivity (Wildman–Crippen MR) is 362 cm³/mol. The molecular formula is C77H126O6. The molecule has 0 N–H and O–H groups in total. The molecule has 0 aromatic rings. The molecule has 0 aliphatic carbocycles. The lowest BCUT2D eigenvalue weighted by Gasteiger charge is -2.18.